The van der Waals surface area contributed by atoms with E-state index in [1.165, 1.54) is 22.0 Å². The van der Waals surface area contributed by atoms with Crippen molar-refractivity contribution in [2.45, 2.75) is 25.9 Å². The summed E-state index contributed by atoms with van der Waals surface area (Å²) in [5.74, 6) is 1.59. The van der Waals surface area contributed by atoms with E-state index in [0.29, 0.717) is 5.16 Å². The van der Waals surface area contributed by atoms with Gasteiger partial charge in [-0.1, -0.05) is 29.5 Å². The number of ether oxygens (including phenoxy) is 1. The van der Waals surface area contributed by atoms with Gasteiger partial charge in [-0.3, -0.25) is 9.36 Å². The summed E-state index contributed by atoms with van der Waals surface area (Å²) in [6.07, 6.45) is 0. The quantitative estimate of drug-likeness (QED) is 0.262. The first-order chi connectivity index (χ1) is 17.4. The van der Waals surface area contributed by atoms with Crippen LogP contribution >= 0.6 is 23.1 Å². The van der Waals surface area contributed by atoms with Crippen molar-refractivity contribution in [2.75, 3.05) is 18.2 Å². The zero-order chi connectivity index (χ0) is 25.4. The maximum Gasteiger partial charge on any atom is 0.234 e. The van der Waals surface area contributed by atoms with Gasteiger partial charge in [0.25, 0.3) is 0 Å². The number of thioether (sulfide) groups is 1. The minimum atomic E-state index is -0.113. The Bertz CT molecular complexity index is 1540. The van der Waals surface area contributed by atoms with Crippen molar-refractivity contribution in [1.29, 1.82) is 0 Å². The third-order valence-corrected chi connectivity index (χ3v) is 7.87. The van der Waals surface area contributed by atoms with E-state index in [4.69, 9.17) is 4.74 Å². The molecule has 0 aliphatic rings. The number of amides is 1. The van der Waals surface area contributed by atoms with Crippen molar-refractivity contribution in [2.24, 2.45) is 7.05 Å². The predicted molar refractivity (Wildman–Crippen MR) is 148 cm³/mol. The van der Waals surface area contributed by atoms with E-state index in [1.54, 1.807) is 18.4 Å². The second kappa shape index (κ2) is 9.83. The van der Waals surface area contributed by atoms with Crippen LogP contribution in [0.2, 0.25) is 0 Å². The lowest BCUT2D eigenvalue weighted by Gasteiger charge is -2.17. The highest BCUT2D eigenvalue weighted by Gasteiger charge is 2.23. The number of carbonyl (C=O) groups excluding carboxylic acids is 1. The summed E-state index contributed by atoms with van der Waals surface area (Å²) in [7, 11) is 3.66. The molecule has 1 amide bonds. The smallest absolute Gasteiger partial charge is 0.234 e. The standard InChI is InChI=1S/C27H27N5O2S2/c1-16-12-17(2)25(18(3)13-16)32-26(22-14-23-21(31(22)4)10-11-35-23)29-30-27(32)36-15-24(33)28-19-6-8-20(34-5)9-7-19/h6-14H,15H2,1-5H3,(H,28,33). The zero-order valence-electron chi connectivity index (χ0n) is 20.8. The summed E-state index contributed by atoms with van der Waals surface area (Å²) in [6.45, 7) is 6.31. The Labute approximate surface area is 218 Å². The molecule has 0 atom stereocenters. The number of aromatic nitrogens is 4. The number of aryl methyl sites for hydroxylation is 4. The van der Waals surface area contributed by atoms with Crippen molar-refractivity contribution < 1.29 is 9.53 Å². The first-order valence-electron chi connectivity index (χ1n) is 11.5. The van der Waals surface area contributed by atoms with E-state index in [1.807, 2.05) is 31.3 Å². The number of hydrogen-bond acceptors (Lipinski definition) is 6. The Kier molecular flexibility index (Phi) is 6.59. The minimum absolute atomic E-state index is 0.113. The van der Waals surface area contributed by atoms with Gasteiger partial charge in [0, 0.05) is 12.7 Å². The molecular weight excluding hydrogens is 490 g/mol. The number of carbonyl (C=O) groups is 1. The SMILES string of the molecule is COc1ccc(NC(=O)CSc2nnc(-c3cc4sccc4n3C)n2-c2c(C)cc(C)cc2C)cc1. The second-order valence-corrected chi connectivity index (χ2v) is 10.6. The molecule has 0 fully saturated rings. The molecule has 3 aromatic heterocycles. The van der Waals surface area contributed by atoms with Gasteiger partial charge in [0.1, 0.15) is 5.75 Å². The number of nitrogens with zero attached hydrogens (tertiary/aromatic N) is 4. The normalized spacial score (nSPS) is 11.2. The number of benzene rings is 2. The summed E-state index contributed by atoms with van der Waals surface area (Å²) >= 11 is 3.08. The van der Waals surface area contributed by atoms with E-state index < -0.39 is 0 Å². The minimum Gasteiger partial charge on any atom is -0.497 e. The van der Waals surface area contributed by atoms with Crippen LogP contribution in [-0.4, -0.2) is 38.1 Å². The number of rotatable bonds is 7. The van der Waals surface area contributed by atoms with Crippen molar-refractivity contribution in [3.05, 3.63) is 70.6 Å². The number of nitrogens with one attached hydrogen (secondary N) is 1. The van der Waals surface area contributed by atoms with Crippen LogP contribution in [0.5, 0.6) is 5.75 Å². The molecule has 2 aromatic carbocycles. The predicted octanol–water partition coefficient (Wildman–Crippen LogP) is 6.15. The number of anilines is 1. The summed E-state index contributed by atoms with van der Waals surface area (Å²) in [5, 5.41) is 14.9. The molecule has 0 saturated carbocycles. The van der Waals surface area contributed by atoms with E-state index in [2.05, 4.69) is 75.1 Å². The summed E-state index contributed by atoms with van der Waals surface area (Å²) in [5.41, 5.74) is 7.38. The Hall–Kier alpha value is -3.56. The first-order valence-corrected chi connectivity index (χ1v) is 13.4. The number of fused-ring (bicyclic) bond motifs is 1. The Morgan fingerprint density at radius 2 is 1.78 bits per heavy atom. The van der Waals surface area contributed by atoms with Gasteiger partial charge in [-0.2, -0.15) is 0 Å². The fourth-order valence-corrected chi connectivity index (χ4v) is 6.11. The fourth-order valence-electron chi connectivity index (χ4n) is 4.52. The fraction of sp³-hybridized carbons (Fsp3) is 0.222. The van der Waals surface area contributed by atoms with Crippen LogP contribution in [0.4, 0.5) is 5.69 Å². The monoisotopic (exact) mass is 517 g/mol. The molecule has 1 N–H and O–H groups in total. The average molecular weight is 518 g/mol. The summed E-state index contributed by atoms with van der Waals surface area (Å²) in [4.78, 5) is 12.8. The molecule has 0 spiro atoms. The Morgan fingerprint density at radius 1 is 1.06 bits per heavy atom. The Balaban J connectivity index is 1.50. The third-order valence-electron chi connectivity index (χ3n) is 6.09. The Morgan fingerprint density at radius 3 is 2.44 bits per heavy atom. The largest absolute Gasteiger partial charge is 0.497 e. The highest BCUT2D eigenvalue weighted by Crippen LogP contribution is 2.35. The van der Waals surface area contributed by atoms with E-state index in [9.17, 15) is 4.79 Å². The van der Waals surface area contributed by atoms with Gasteiger partial charge in [-0.25, -0.2) is 0 Å². The van der Waals surface area contributed by atoms with E-state index in [0.717, 1.165) is 45.3 Å². The molecule has 0 aliphatic carbocycles. The van der Waals surface area contributed by atoms with Crippen molar-refractivity contribution in [3.8, 4) is 23.0 Å². The maximum absolute atomic E-state index is 12.8. The maximum atomic E-state index is 12.8. The van der Waals surface area contributed by atoms with Crippen molar-refractivity contribution >= 4 is 44.9 Å². The van der Waals surface area contributed by atoms with Crippen LogP contribution in [0.25, 0.3) is 27.4 Å². The van der Waals surface area contributed by atoms with E-state index in [-0.39, 0.29) is 11.7 Å². The van der Waals surface area contributed by atoms with Gasteiger partial charge in [-0.15, -0.1) is 21.5 Å². The molecule has 0 bridgehead atoms. The second-order valence-electron chi connectivity index (χ2n) is 8.71. The van der Waals surface area contributed by atoms with Crippen LogP contribution in [-0.2, 0) is 11.8 Å². The molecular formula is C27H27N5O2S2. The lowest BCUT2D eigenvalue weighted by Crippen LogP contribution is -2.15. The number of thiophene rings is 1. The molecule has 7 nitrogen and oxygen atoms in total. The molecule has 5 rings (SSSR count). The highest BCUT2D eigenvalue weighted by atomic mass is 32.2. The molecule has 3 heterocycles. The third kappa shape index (κ3) is 4.52. The molecule has 5 aromatic rings. The van der Waals surface area contributed by atoms with Crippen LogP contribution in [0.3, 0.4) is 0 Å². The summed E-state index contributed by atoms with van der Waals surface area (Å²) in [6, 6.07) is 15.9. The summed E-state index contributed by atoms with van der Waals surface area (Å²) < 4.78 is 10.6. The highest BCUT2D eigenvalue weighted by molar-refractivity contribution is 7.99. The van der Waals surface area contributed by atoms with Crippen LogP contribution in [0, 0.1) is 20.8 Å². The van der Waals surface area contributed by atoms with Gasteiger partial charge < -0.3 is 14.6 Å². The number of hydrogen-bond donors (Lipinski definition) is 1. The van der Waals surface area contributed by atoms with Gasteiger partial charge in [0.15, 0.2) is 11.0 Å². The molecule has 0 aliphatic heterocycles. The molecule has 0 saturated heterocycles. The van der Waals surface area contributed by atoms with Gasteiger partial charge >= 0.3 is 0 Å². The van der Waals surface area contributed by atoms with Gasteiger partial charge in [-0.05, 0) is 73.7 Å². The molecule has 0 radical (unpaired) electrons. The lowest BCUT2D eigenvalue weighted by molar-refractivity contribution is -0.113. The van der Waals surface area contributed by atoms with Gasteiger partial charge in [0.05, 0.1) is 34.5 Å². The number of methoxy groups -OCH3 is 1. The zero-order valence-corrected chi connectivity index (χ0v) is 22.5. The molecule has 36 heavy (non-hydrogen) atoms. The lowest BCUT2D eigenvalue weighted by atomic mass is 10.0. The molecule has 0 unspecified atom stereocenters. The van der Waals surface area contributed by atoms with E-state index >= 15 is 0 Å². The van der Waals surface area contributed by atoms with Crippen molar-refractivity contribution in [1.82, 2.24) is 19.3 Å². The van der Waals surface area contributed by atoms with Crippen LogP contribution in [0.1, 0.15) is 16.7 Å². The first kappa shape index (κ1) is 24.1. The van der Waals surface area contributed by atoms with Crippen LogP contribution in [0.15, 0.2) is 59.1 Å². The average Bonchev–Trinajstić information content (AvgIpc) is 3.54. The van der Waals surface area contributed by atoms with Crippen molar-refractivity contribution in [3.63, 3.8) is 0 Å². The van der Waals surface area contributed by atoms with Crippen LogP contribution < -0.4 is 10.1 Å². The van der Waals surface area contributed by atoms with Gasteiger partial charge in [0.2, 0.25) is 5.91 Å². The molecule has 184 valence electrons. The topological polar surface area (TPSA) is 74.0 Å². The molecule has 9 heteroatoms.